The number of fused-ring (bicyclic) bond motifs is 1. The lowest BCUT2D eigenvalue weighted by Crippen LogP contribution is -2.36. The Bertz CT molecular complexity index is 1020. The lowest BCUT2D eigenvalue weighted by atomic mass is 10.00. The summed E-state index contributed by atoms with van der Waals surface area (Å²) < 4.78 is 10.8. The molecule has 7 nitrogen and oxygen atoms in total. The SMILES string of the molecule is Nc1nnc(-c2ccc3c(c2)C(c2cccc(N4CCOCC4)n2)=CC3)o1. The molecule has 2 aliphatic rings. The number of pyridine rings is 1. The molecule has 5 rings (SSSR count). The Morgan fingerprint density at radius 3 is 2.74 bits per heavy atom. The molecule has 7 heteroatoms. The number of hydrogen-bond acceptors (Lipinski definition) is 7. The molecule has 1 aliphatic heterocycles. The van der Waals surface area contributed by atoms with Crippen LogP contribution in [0.5, 0.6) is 0 Å². The molecule has 1 fully saturated rings. The summed E-state index contributed by atoms with van der Waals surface area (Å²) in [5, 5.41) is 7.73. The van der Waals surface area contributed by atoms with Crippen LogP contribution in [0.15, 0.2) is 46.9 Å². The van der Waals surface area contributed by atoms with E-state index in [4.69, 9.17) is 19.9 Å². The predicted molar refractivity (Wildman–Crippen MR) is 102 cm³/mol. The van der Waals surface area contributed by atoms with Gasteiger partial charge in [0.05, 0.1) is 18.9 Å². The molecule has 0 bridgehead atoms. The van der Waals surface area contributed by atoms with Gasteiger partial charge in [-0.1, -0.05) is 23.3 Å². The predicted octanol–water partition coefficient (Wildman–Crippen LogP) is 2.54. The number of morpholine rings is 1. The van der Waals surface area contributed by atoms with Crippen molar-refractivity contribution in [3.05, 3.63) is 59.3 Å². The Morgan fingerprint density at radius 1 is 1.04 bits per heavy atom. The summed E-state index contributed by atoms with van der Waals surface area (Å²) in [7, 11) is 0. The van der Waals surface area contributed by atoms with Crippen molar-refractivity contribution in [2.45, 2.75) is 6.42 Å². The molecule has 3 aromatic rings. The summed E-state index contributed by atoms with van der Waals surface area (Å²) in [4.78, 5) is 7.18. The number of nitrogen functional groups attached to an aromatic ring is 1. The molecule has 136 valence electrons. The zero-order chi connectivity index (χ0) is 18.2. The number of hydrogen-bond donors (Lipinski definition) is 1. The van der Waals surface area contributed by atoms with Gasteiger partial charge in [0.15, 0.2) is 0 Å². The van der Waals surface area contributed by atoms with E-state index in [1.807, 2.05) is 6.07 Å². The van der Waals surface area contributed by atoms with Crippen LogP contribution in [0.3, 0.4) is 0 Å². The minimum absolute atomic E-state index is 0.0705. The maximum absolute atomic E-state index is 5.56. The van der Waals surface area contributed by atoms with E-state index in [0.29, 0.717) is 5.89 Å². The first-order valence-electron chi connectivity index (χ1n) is 9.01. The van der Waals surface area contributed by atoms with Gasteiger partial charge in [0.1, 0.15) is 5.82 Å². The van der Waals surface area contributed by atoms with Gasteiger partial charge in [-0.2, -0.15) is 0 Å². The third-order valence-corrected chi connectivity index (χ3v) is 4.96. The van der Waals surface area contributed by atoms with Gasteiger partial charge in [0.2, 0.25) is 5.89 Å². The van der Waals surface area contributed by atoms with Crippen LogP contribution in [-0.2, 0) is 11.2 Å². The van der Waals surface area contributed by atoms with Crippen molar-refractivity contribution in [3.63, 3.8) is 0 Å². The normalized spacial score (nSPS) is 16.3. The molecule has 3 heterocycles. The first-order chi connectivity index (χ1) is 13.3. The number of nitrogens with two attached hydrogens (primary N) is 1. The number of aromatic nitrogens is 3. The molecule has 0 radical (unpaired) electrons. The van der Waals surface area contributed by atoms with Crippen LogP contribution in [0.4, 0.5) is 11.8 Å². The lowest BCUT2D eigenvalue weighted by Gasteiger charge is -2.28. The molecule has 2 aromatic heterocycles. The quantitative estimate of drug-likeness (QED) is 0.766. The Kier molecular flexibility index (Phi) is 3.86. The highest BCUT2D eigenvalue weighted by Gasteiger charge is 2.20. The Labute approximate surface area is 156 Å². The number of ether oxygens (including phenoxy) is 1. The summed E-state index contributed by atoms with van der Waals surface area (Å²) >= 11 is 0. The molecular formula is C20H19N5O2. The van der Waals surface area contributed by atoms with Crippen molar-refractivity contribution < 1.29 is 9.15 Å². The fraction of sp³-hybridized carbons (Fsp3) is 0.250. The highest BCUT2D eigenvalue weighted by atomic mass is 16.5. The molecule has 1 aliphatic carbocycles. The second kappa shape index (κ2) is 6.51. The fourth-order valence-electron chi connectivity index (χ4n) is 3.60. The second-order valence-corrected chi connectivity index (χ2v) is 6.62. The van der Waals surface area contributed by atoms with Gasteiger partial charge >= 0.3 is 6.01 Å². The third kappa shape index (κ3) is 2.96. The first kappa shape index (κ1) is 16.0. The Balaban J connectivity index is 1.50. The standard InChI is InChI=1S/C20H19N5O2/c21-20-24-23-19(27-20)14-5-4-13-6-7-15(16(13)12-14)17-2-1-3-18(22-17)25-8-10-26-11-9-25/h1-5,7,12H,6,8-11H2,(H2,21,24). The molecule has 2 N–H and O–H groups in total. The monoisotopic (exact) mass is 361 g/mol. The van der Waals surface area contributed by atoms with E-state index in [1.165, 1.54) is 5.56 Å². The maximum atomic E-state index is 5.56. The molecule has 0 saturated carbocycles. The average molecular weight is 361 g/mol. The molecular weight excluding hydrogens is 342 g/mol. The Hall–Kier alpha value is -3.19. The van der Waals surface area contributed by atoms with Crippen LogP contribution in [0.25, 0.3) is 17.0 Å². The number of anilines is 2. The van der Waals surface area contributed by atoms with Crippen LogP contribution >= 0.6 is 0 Å². The zero-order valence-electron chi connectivity index (χ0n) is 14.8. The second-order valence-electron chi connectivity index (χ2n) is 6.62. The van der Waals surface area contributed by atoms with Crippen molar-refractivity contribution in [2.75, 3.05) is 36.9 Å². The average Bonchev–Trinajstić information content (AvgIpc) is 3.34. The third-order valence-electron chi connectivity index (χ3n) is 4.96. The molecule has 0 amide bonds. The topological polar surface area (TPSA) is 90.3 Å². The maximum Gasteiger partial charge on any atom is 0.313 e. The van der Waals surface area contributed by atoms with Gasteiger partial charge in [0.25, 0.3) is 0 Å². The number of benzene rings is 1. The summed E-state index contributed by atoms with van der Waals surface area (Å²) in [5.41, 5.74) is 10.9. The van der Waals surface area contributed by atoms with Crippen molar-refractivity contribution in [2.24, 2.45) is 0 Å². The van der Waals surface area contributed by atoms with Crippen molar-refractivity contribution >= 4 is 17.4 Å². The van der Waals surface area contributed by atoms with Crippen LogP contribution in [0.1, 0.15) is 16.8 Å². The summed E-state index contributed by atoms with van der Waals surface area (Å²) in [5.74, 6) is 1.42. The molecule has 0 atom stereocenters. The molecule has 27 heavy (non-hydrogen) atoms. The summed E-state index contributed by atoms with van der Waals surface area (Å²) in [6.45, 7) is 3.23. The van der Waals surface area contributed by atoms with E-state index in [9.17, 15) is 0 Å². The minimum Gasteiger partial charge on any atom is -0.404 e. The number of nitrogens with zero attached hydrogens (tertiary/aromatic N) is 4. The Morgan fingerprint density at radius 2 is 1.93 bits per heavy atom. The summed E-state index contributed by atoms with van der Waals surface area (Å²) in [6, 6.07) is 12.4. The molecule has 0 unspecified atom stereocenters. The van der Waals surface area contributed by atoms with Crippen LogP contribution < -0.4 is 10.6 Å². The lowest BCUT2D eigenvalue weighted by molar-refractivity contribution is 0.122. The van der Waals surface area contributed by atoms with E-state index in [-0.39, 0.29) is 6.01 Å². The van der Waals surface area contributed by atoms with E-state index < -0.39 is 0 Å². The van der Waals surface area contributed by atoms with Gasteiger partial charge in [-0.15, -0.1) is 5.10 Å². The largest absolute Gasteiger partial charge is 0.404 e. The highest BCUT2D eigenvalue weighted by molar-refractivity contribution is 5.85. The van der Waals surface area contributed by atoms with E-state index in [2.05, 4.69) is 51.5 Å². The van der Waals surface area contributed by atoms with Gasteiger partial charge in [-0.05, 0) is 41.8 Å². The van der Waals surface area contributed by atoms with E-state index >= 15 is 0 Å². The van der Waals surface area contributed by atoms with Gasteiger partial charge in [-0.3, -0.25) is 0 Å². The smallest absolute Gasteiger partial charge is 0.313 e. The van der Waals surface area contributed by atoms with Crippen LogP contribution in [0.2, 0.25) is 0 Å². The van der Waals surface area contributed by atoms with Crippen LogP contribution in [-0.4, -0.2) is 41.5 Å². The van der Waals surface area contributed by atoms with Crippen molar-refractivity contribution in [1.29, 1.82) is 0 Å². The van der Waals surface area contributed by atoms with Gasteiger partial charge < -0.3 is 19.8 Å². The zero-order valence-corrected chi connectivity index (χ0v) is 14.8. The first-order valence-corrected chi connectivity index (χ1v) is 9.01. The van der Waals surface area contributed by atoms with Gasteiger partial charge in [0, 0.05) is 24.2 Å². The van der Waals surface area contributed by atoms with E-state index in [0.717, 1.165) is 60.9 Å². The molecule has 1 saturated heterocycles. The van der Waals surface area contributed by atoms with Crippen molar-refractivity contribution in [3.8, 4) is 11.5 Å². The molecule has 0 spiro atoms. The summed E-state index contributed by atoms with van der Waals surface area (Å²) in [6.07, 6.45) is 3.11. The van der Waals surface area contributed by atoms with Gasteiger partial charge in [-0.25, -0.2) is 4.98 Å². The minimum atomic E-state index is 0.0705. The van der Waals surface area contributed by atoms with Crippen LogP contribution in [0, 0.1) is 0 Å². The molecule has 1 aromatic carbocycles. The van der Waals surface area contributed by atoms with E-state index in [1.54, 1.807) is 0 Å². The fourth-order valence-corrected chi connectivity index (χ4v) is 3.60. The van der Waals surface area contributed by atoms with Crippen molar-refractivity contribution in [1.82, 2.24) is 15.2 Å². The highest BCUT2D eigenvalue weighted by Crippen LogP contribution is 2.35. The number of allylic oxidation sites excluding steroid dienone is 1. The number of rotatable bonds is 3.